The summed E-state index contributed by atoms with van der Waals surface area (Å²) in [5.74, 6) is 2.66. The van der Waals surface area contributed by atoms with Gasteiger partial charge in [-0.25, -0.2) is 0 Å². The molecule has 14 heavy (non-hydrogen) atoms. The van der Waals surface area contributed by atoms with E-state index in [1.807, 2.05) is 16.3 Å². The van der Waals surface area contributed by atoms with Crippen LogP contribution in [-0.2, 0) is 6.54 Å². The lowest BCUT2D eigenvalue weighted by atomic mass is 10.6. The van der Waals surface area contributed by atoms with Crippen molar-refractivity contribution in [3.63, 3.8) is 0 Å². The highest BCUT2D eigenvalue weighted by atomic mass is 32.2. The maximum atomic E-state index is 10.4. The Morgan fingerprint density at radius 3 is 2.93 bits per heavy atom. The van der Waals surface area contributed by atoms with Gasteiger partial charge in [-0.05, 0) is 15.7 Å². The zero-order valence-corrected chi connectivity index (χ0v) is 9.08. The normalized spacial score (nSPS) is 10.4. The second-order valence-corrected chi connectivity index (χ2v) is 4.19. The standard InChI is InChI=1S/C8H13N3O2S/c1-3-14-5-4-10-6-8(11(12)13)9-7(10)2/h6H,3-5H2,1-2H3. The molecule has 0 amide bonds. The summed E-state index contributed by atoms with van der Waals surface area (Å²) in [7, 11) is 0. The van der Waals surface area contributed by atoms with Crippen LogP contribution in [0.25, 0.3) is 0 Å². The highest BCUT2D eigenvalue weighted by molar-refractivity contribution is 7.99. The first kappa shape index (κ1) is 11.0. The van der Waals surface area contributed by atoms with E-state index in [0.717, 1.165) is 18.1 Å². The first-order valence-electron chi connectivity index (χ1n) is 4.41. The monoisotopic (exact) mass is 215 g/mol. The number of hydrogen-bond donors (Lipinski definition) is 0. The average molecular weight is 215 g/mol. The van der Waals surface area contributed by atoms with E-state index >= 15 is 0 Å². The van der Waals surface area contributed by atoms with Crippen molar-refractivity contribution in [3.8, 4) is 0 Å². The summed E-state index contributed by atoms with van der Waals surface area (Å²) >= 11 is 1.81. The fourth-order valence-electron chi connectivity index (χ4n) is 1.11. The maximum Gasteiger partial charge on any atom is 0.381 e. The first-order valence-corrected chi connectivity index (χ1v) is 5.56. The molecule has 1 aromatic rings. The first-order chi connectivity index (χ1) is 6.65. The van der Waals surface area contributed by atoms with Crippen molar-refractivity contribution in [1.82, 2.24) is 9.55 Å². The van der Waals surface area contributed by atoms with Gasteiger partial charge in [-0.1, -0.05) is 6.92 Å². The lowest BCUT2D eigenvalue weighted by Crippen LogP contribution is -2.01. The lowest BCUT2D eigenvalue weighted by Gasteiger charge is -1.99. The van der Waals surface area contributed by atoms with E-state index in [9.17, 15) is 10.1 Å². The molecule has 0 radical (unpaired) electrons. The van der Waals surface area contributed by atoms with Crippen LogP contribution in [0, 0.1) is 17.0 Å². The Morgan fingerprint density at radius 1 is 1.71 bits per heavy atom. The molecule has 0 saturated carbocycles. The van der Waals surface area contributed by atoms with Gasteiger partial charge in [0.15, 0.2) is 0 Å². The number of thioether (sulfide) groups is 1. The molecule has 0 aliphatic rings. The third-order valence-corrected chi connectivity index (χ3v) is 2.71. The summed E-state index contributed by atoms with van der Waals surface area (Å²) in [6, 6.07) is 0. The van der Waals surface area contributed by atoms with Gasteiger partial charge in [0, 0.05) is 19.2 Å². The summed E-state index contributed by atoms with van der Waals surface area (Å²) in [5, 5.41) is 10.4. The molecule has 0 fully saturated rings. The minimum Gasteiger partial charge on any atom is -0.358 e. The molecular weight excluding hydrogens is 202 g/mol. The summed E-state index contributed by atoms with van der Waals surface area (Å²) in [6.07, 6.45) is 1.49. The van der Waals surface area contributed by atoms with E-state index in [1.165, 1.54) is 6.20 Å². The maximum absolute atomic E-state index is 10.4. The third kappa shape index (κ3) is 2.73. The van der Waals surface area contributed by atoms with Crippen molar-refractivity contribution in [1.29, 1.82) is 0 Å². The summed E-state index contributed by atoms with van der Waals surface area (Å²) < 4.78 is 1.82. The Morgan fingerprint density at radius 2 is 2.43 bits per heavy atom. The minimum atomic E-state index is -0.462. The highest BCUT2D eigenvalue weighted by Gasteiger charge is 2.14. The van der Waals surface area contributed by atoms with E-state index in [1.54, 1.807) is 6.92 Å². The van der Waals surface area contributed by atoms with Crippen LogP contribution in [0.2, 0.25) is 0 Å². The van der Waals surface area contributed by atoms with Gasteiger partial charge in [0.05, 0.1) is 0 Å². The predicted octanol–water partition coefficient (Wildman–Crippen LogP) is 1.85. The second kappa shape index (κ2) is 4.99. The molecule has 0 aromatic carbocycles. The second-order valence-electron chi connectivity index (χ2n) is 2.79. The molecule has 1 heterocycles. The average Bonchev–Trinajstić information content (AvgIpc) is 2.49. The number of nitrogens with zero attached hydrogens (tertiary/aromatic N) is 3. The topological polar surface area (TPSA) is 61.0 Å². The van der Waals surface area contributed by atoms with Gasteiger partial charge in [-0.2, -0.15) is 11.8 Å². The number of aryl methyl sites for hydroxylation is 2. The minimum absolute atomic E-state index is 0.0657. The molecular formula is C8H13N3O2S. The van der Waals surface area contributed by atoms with Crippen molar-refractivity contribution in [3.05, 3.63) is 22.1 Å². The van der Waals surface area contributed by atoms with E-state index in [0.29, 0.717) is 5.82 Å². The SMILES string of the molecule is CCSCCn1cc([N+](=O)[O-])nc1C. The summed E-state index contributed by atoms with van der Waals surface area (Å²) in [6.45, 7) is 4.66. The van der Waals surface area contributed by atoms with Gasteiger partial charge >= 0.3 is 5.82 Å². The van der Waals surface area contributed by atoms with Crippen LogP contribution < -0.4 is 0 Å². The van der Waals surface area contributed by atoms with E-state index in [-0.39, 0.29) is 5.82 Å². The van der Waals surface area contributed by atoms with Crippen molar-refractivity contribution in [2.45, 2.75) is 20.4 Å². The Hall–Kier alpha value is -1.04. The van der Waals surface area contributed by atoms with Crippen LogP contribution in [-0.4, -0.2) is 26.0 Å². The van der Waals surface area contributed by atoms with Gasteiger partial charge in [0.25, 0.3) is 0 Å². The van der Waals surface area contributed by atoms with Gasteiger partial charge in [-0.3, -0.25) is 0 Å². The molecule has 0 spiro atoms. The zero-order chi connectivity index (χ0) is 10.6. The molecule has 0 atom stereocenters. The quantitative estimate of drug-likeness (QED) is 0.427. The van der Waals surface area contributed by atoms with Crippen LogP contribution in [0.4, 0.5) is 5.82 Å². The number of aromatic nitrogens is 2. The predicted molar refractivity (Wildman–Crippen MR) is 56.6 cm³/mol. The molecule has 6 heteroatoms. The van der Waals surface area contributed by atoms with Crippen LogP contribution >= 0.6 is 11.8 Å². The zero-order valence-electron chi connectivity index (χ0n) is 8.27. The molecule has 0 bridgehead atoms. The van der Waals surface area contributed by atoms with E-state index < -0.39 is 4.92 Å². The van der Waals surface area contributed by atoms with Gasteiger partial charge in [-0.15, -0.1) is 0 Å². The molecule has 0 aliphatic carbocycles. The summed E-state index contributed by atoms with van der Waals surface area (Å²) in [4.78, 5) is 13.8. The molecule has 5 nitrogen and oxygen atoms in total. The van der Waals surface area contributed by atoms with Gasteiger partial charge in [0.2, 0.25) is 5.82 Å². The van der Waals surface area contributed by atoms with Crippen LogP contribution in [0.1, 0.15) is 12.7 Å². The highest BCUT2D eigenvalue weighted by Crippen LogP contribution is 2.11. The van der Waals surface area contributed by atoms with Crippen molar-refractivity contribution >= 4 is 17.6 Å². The fourth-order valence-corrected chi connectivity index (χ4v) is 1.73. The Balaban J connectivity index is 2.63. The molecule has 0 unspecified atom stereocenters. The van der Waals surface area contributed by atoms with Crippen molar-refractivity contribution < 1.29 is 4.92 Å². The number of hydrogen-bond acceptors (Lipinski definition) is 4. The largest absolute Gasteiger partial charge is 0.381 e. The van der Waals surface area contributed by atoms with Crippen LogP contribution in [0.15, 0.2) is 6.20 Å². The molecule has 0 saturated heterocycles. The van der Waals surface area contributed by atoms with Gasteiger partial charge in [0.1, 0.15) is 6.20 Å². The summed E-state index contributed by atoms with van der Waals surface area (Å²) in [5.41, 5.74) is 0. The fraction of sp³-hybridized carbons (Fsp3) is 0.625. The molecule has 0 N–H and O–H groups in total. The van der Waals surface area contributed by atoms with E-state index in [4.69, 9.17) is 0 Å². The lowest BCUT2D eigenvalue weighted by molar-refractivity contribution is -0.389. The van der Waals surface area contributed by atoms with Crippen molar-refractivity contribution in [2.75, 3.05) is 11.5 Å². The molecule has 1 rings (SSSR count). The molecule has 78 valence electrons. The Bertz CT molecular complexity index is 324. The number of rotatable bonds is 5. The Labute approximate surface area is 86.7 Å². The van der Waals surface area contributed by atoms with Gasteiger partial charge < -0.3 is 14.7 Å². The smallest absolute Gasteiger partial charge is 0.358 e. The number of imidazole rings is 1. The Kier molecular flexibility index (Phi) is 3.94. The number of nitro groups is 1. The molecule has 0 aliphatic heterocycles. The van der Waals surface area contributed by atoms with E-state index in [2.05, 4.69) is 11.9 Å². The third-order valence-electron chi connectivity index (χ3n) is 1.83. The van der Waals surface area contributed by atoms with Crippen LogP contribution in [0.3, 0.4) is 0 Å². The molecule has 1 aromatic heterocycles. The van der Waals surface area contributed by atoms with Crippen molar-refractivity contribution in [2.24, 2.45) is 0 Å². The van der Waals surface area contributed by atoms with Crippen LogP contribution in [0.5, 0.6) is 0 Å².